The smallest absolute Gasteiger partial charge is 0.162 e. The Hall–Kier alpha value is -0.930. The zero-order valence-electron chi connectivity index (χ0n) is 11.1. The Bertz CT molecular complexity index is 426. The van der Waals surface area contributed by atoms with Gasteiger partial charge in [-0.1, -0.05) is 25.4 Å². The van der Waals surface area contributed by atoms with Gasteiger partial charge in [0.1, 0.15) is 0 Å². The van der Waals surface area contributed by atoms with Crippen LogP contribution in [0.3, 0.4) is 0 Å². The summed E-state index contributed by atoms with van der Waals surface area (Å²) in [5, 5.41) is 10.7. The van der Waals surface area contributed by atoms with Crippen LogP contribution in [0.2, 0.25) is 5.02 Å². The van der Waals surface area contributed by atoms with Crippen LogP contribution in [0.4, 0.5) is 0 Å². The summed E-state index contributed by atoms with van der Waals surface area (Å²) in [5.74, 6) is 2.05. The zero-order chi connectivity index (χ0) is 13.3. The molecule has 0 amide bonds. The van der Waals surface area contributed by atoms with E-state index in [1.807, 2.05) is 6.07 Å². The first kappa shape index (κ1) is 13.5. The van der Waals surface area contributed by atoms with Gasteiger partial charge in [0.2, 0.25) is 0 Å². The highest BCUT2D eigenvalue weighted by atomic mass is 35.5. The number of likely N-dealkylation sites (tertiary alicyclic amines) is 1. The SMILES string of the molecule is COc1cc(Cl)cc(CN2CC(C)C(C)C2)c1O. The number of benzene rings is 1. The second kappa shape index (κ2) is 5.37. The van der Waals surface area contributed by atoms with Gasteiger partial charge in [-0.25, -0.2) is 0 Å². The van der Waals surface area contributed by atoms with E-state index in [2.05, 4.69) is 18.7 Å². The normalized spacial score (nSPS) is 24.4. The van der Waals surface area contributed by atoms with E-state index in [1.54, 1.807) is 6.07 Å². The van der Waals surface area contributed by atoms with Crippen molar-refractivity contribution in [3.8, 4) is 11.5 Å². The Labute approximate surface area is 113 Å². The van der Waals surface area contributed by atoms with Gasteiger partial charge in [-0.15, -0.1) is 0 Å². The Morgan fingerprint density at radius 1 is 1.33 bits per heavy atom. The van der Waals surface area contributed by atoms with Gasteiger partial charge in [0.25, 0.3) is 0 Å². The van der Waals surface area contributed by atoms with Crippen LogP contribution in [-0.2, 0) is 6.54 Å². The van der Waals surface area contributed by atoms with Crippen molar-refractivity contribution in [3.05, 3.63) is 22.7 Å². The molecular formula is C14H20ClNO2. The van der Waals surface area contributed by atoms with Crippen LogP contribution in [-0.4, -0.2) is 30.2 Å². The molecule has 2 atom stereocenters. The number of phenolic OH excluding ortho intramolecular Hbond substituents is 1. The van der Waals surface area contributed by atoms with Gasteiger partial charge in [0.05, 0.1) is 7.11 Å². The third kappa shape index (κ3) is 2.73. The molecule has 2 unspecified atom stereocenters. The van der Waals surface area contributed by atoms with E-state index in [0.29, 0.717) is 22.6 Å². The first-order valence-corrected chi connectivity index (χ1v) is 6.66. The molecule has 0 aromatic heterocycles. The highest BCUT2D eigenvalue weighted by Gasteiger charge is 2.26. The maximum absolute atomic E-state index is 10.1. The Morgan fingerprint density at radius 2 is 1.94 bits per heavy atom. The summed E-state index contributed by atoms with van der Waals surface area (Å²) in [7, 11) is 1.54. The van der Waals surface area contributed by atoms with Crippen molar-refractivity contribution in [2.24, 2.45) is 11.8 Å². The third-order valence-electron chi connectivity index (χ3n) is 3.80. The fourth-order valence-corrected chi connectivity index (χ4v) is 2.75. The summed E-state index contributed by atoms with van der Waals surface area (Å²) >= 11 is 6.03. The fourth-order valence-electron chi connectivity index (χ4n) is 2.52. The molecule has 3 nitrogen and oxygen atoms in total. The third-order valence-corrected chi connectivity index (χ3v) is 4.01. The molecule has 1 saturated heterocycles. The number of phenols is 1. The van der Waals surface area contributed by atoms with Gasteiger partial charge in [-0.05, 0) is 17.9 Å². The van der Waals surface area contributed by atoms with Gasteiger partial charge in [0, 0.05) is 36.3 Å². The number of methoxy groups -OCH3 is 1. The van der Waals surface area contributed by atoms with E-state index in [9.17, 15) is 5.11 Å². The quantitative estimate of drug-likeness (QED) is 0.915. The van der Waals surface area contributed by atoms with Gasteiger partial charge in [-0.2, -0.15) is 0 Å². The molecule has 100 valence electrons. The molecule has 2 rings (SSSR count). The summed E-state index contributed by atoms with van der Waals surface area (Å²) in [5.41, 5.74) is 0.834. The van der Waals surface area contributed by atoms with Crippen LogP contribution >= 0.6 is 11.6 Å². The average Bonchev–Trinajstić information content (AvgIpc) is 2.62. The molecule has 4 heteroatoms. The van der Waals surface area contributed by atoms with Crippen molar-refractivity contribution < 1.29 is 9.84 Å². The number of hydrogen-bond acceptors (Lipinski definition) is 3. The Morgan fingerprint density at radius 3 is 2.50 bits per heavy atom. The fraction of sp³-hybridized carbons (Fsp3) is 0.571. The van der Waals surface area contributed by atoms with Crippen molar-refractivity contribution in [3.63, 3.8) is 0 Å². The monoisotopic (exact) mass is 269 g/mol. The topological polar surface area (TPSA) is 32.7 Å². The van der Waals surface area contributed by atoms with Crippen molar-refractivity contribution in [1.82, 2.24) is 4.90 Å². The first-order chi connectivity index (χ1) is 8.51. The molecule has 1 heterocycles. The number of nitrogens with zero attached hydrogens (tertiary/aromatic N) is 1. The number of ether oxygens (including phenoxy) is 1. The van der Waals surface area contributed by atoms with Crippen LogP contribution < -0.4 is 4.74 Å². The zero-order valence-corrected chi connectivity index (χ0v) is 11.9. The maximum atomic E-state index is 10.1. The second-order valence-electron chi connectivity index (χ2n) is 5.26. The van der Waals surface area contributed by atoms with E-state index < -0.39 is 0 Å². The number of halogens is 1. The van der Waals surface area contributed by atoms with E-state index >= 15 is 0 Å². The molecule has 0 aliphatic carbocycles. The van der Waals surface area contributed by atoms with Gasteiger partial charge >= 0.3 is 0 Å². The Kier molecular flexibility index (Phi) is 4.03. The molecule has 0 radical (unpaired) electrons. The van der Waals surface area contributed by atoms with E-state index in [-0.39, 0.29) is 5.75 Å². The van der Waals surface area contributed by atoms with Gasteiger partial charge in [0.15, 0.2) is 11.5 Å². The molecule has 0 spiro atoms. The van der Waals surface area contributed by atoms with Crippen molar-refractivity contribution >= 4 is 11.6 Å². The van der Waals surface area contributed by atoms with Crippen LogP contribution in [0.1, 0.15) is 19.4 Å². The van der Waals surface area contributed by atoms with Crippen LogP contribution in [0.25, 0.3) is 0 Å². The first-order valence-electron chi connectivity index (χ1n) is 6.29. The molecule has 18 heavy (non-hydrogen) atoms. The predicted molar refractivity (Wildman–Crippen MR) is 73.3 cm³/mol. The highest BCUT2D eigenvalue weighted by molar-refractivity contribution is 6.30. The molecular weight excluding hydrogens is 250 g/mol. The minimum absolute atomic E-state index is 0.203. The van der Waals surface area contributed by atoms with Crippen molar-refractivity contribution in [2.45, 2.75) is 20.4 Å². The molecule has 1 aliphatic rings. The number of hydrogen-bond donors (Lipinski definition) is 1. The molecule has 0 bridgehead atoms. The lowest BCUT2D eigenvalue weighted by Crippen LogP contribution is -2.20. The van der Waals surface area contributed by atoms with Crippen LogP contribution in [0.15, 0.2) is 12.1 Å². The van der Waals surface area contributed by atoms with Gasteiger partial charge < -0.3 is 9.84 Å². The van der Waals surface area contributed by atoms with Crippen LogP contribution in [0, 0.1) is 11.8 Å². The summed E-state index contributed by atoms with van der Waals surface area (Å²) in [6, 6.07) is 3.45. The van der Waals surface area contributed by atoms with E-state index in [4.69, 9.17) is 16.3 Å². The van der Waals surface area contributed by atoms with E-state index in [1.165, 1.54) is 7.11 Å². The lowest BCUT2D eigenvalue weighted by molar-refractivity contribution is 0.305. The lowest BCUT2D eigenvalue weighted by atomic mass is 10.0. The molecule has 1 aromatic rings. The van der Waals surface area contributed by atoms with E-state index in [0.717, 1.165) is 25.2 Å². The molecule has 1 fully saturated rings. The summed E-state index contributed by atoms with van der Waals surface area (Å²) < 4.78 is 5.12. The number of rotatable bonds is 3. The molecule has 1 aliphatic heterocycles. The molecule has 1 N–H and O–H groups in total. The maximum Gasteiger partial charge on any atom is 0.162 e. The highest BCUT2D eigenvalue weighted by Crippen LogP contribution is 2.35. The molecule has 0 saturated carbocycles. The minimum atomic E-state index is 0.203. The summed E-state index contributed by atoms with van der Waals surface area (Å²) in [6.07, 6.45) is 0. The average molecular weight is 270 g/mol. The summed E-state index contributed by atoms with van der Waals surface area (Å²) in [6.45, 7) is 7.38. The van der Waals surface area contributed by atoms with Gasteiger partial charge in [-0.3, -0.25) is 4.90 Å². The molecule has 1 aromatic carbocycles. The lowest BCUT2D eigenvalue weighted by Gasteiger charge is -2.17. The van der Waals surface area contributed by atoms with Crippen LogP contribution in [0.5, 0.6) is 11.5 Å². The second-order valence-corrected chi connectivity index (χ2v) is 5.70. The largest absolute Gasteiger partial charge is 0.504 e. The minimum Gasteiger partial charge on any atom is -0.504 e. The standard InChI is InChI=1S/C14H20ClNO2/c1-9-6-16(7-10(9)2)8-11-4-12(15)5-13(18-3)14(11)17/h4-5,9-10,17H,6-8H2,1-3H3. The van der Waals surface area contributed by atoms with Crippen molar-refractivity contribution in [2.75, 3.05) is 20.2 Å². The van der Waals surface area contributed by atoms with Crippen molar-refractivity contribution in [1.29, 1.82) is 0 Å². The Balaban J connectivity index is 2.17. The summed E-state index contributed by atoms with van der Waals surface area (Å²) in [4.78, 5) is 2.35. The predicted octanol–water partition coefficient (Wildman–Crippen LogP) is 3.14. The number of aromatic hydroxyl groups is 1.